The highest BCUT2D eigenvalue weighted by molar-refractivity contribution is 5.90. The van der Waals surface area contributed by atoms with E-state index in [4.69, 9.17) is 4.74 Å². The van der Waals surface area contributed by atoms with Gasteiger partial charge in [-0.25, -0.2) is 4.79 Å². The SMILES string of the molecule is COC(=O)c1cccc(C=C2CCCC2)c1. The van der Waals surface area contributed by atoms with Crippen molar-refractivity contribution in [2.45, 2.75) is 25.7 Å². The Bertz CT molecular complexity index is 410. The fourth-order valence-electron chi connectivity index (χ4n) is 2.08. The zero-order valence-electron chi connectivity index (χ0n) is 9.53. The predicted octanol–water partition coefficient (Wildman–Crippen LogP) is 3.43. The van der Waals surface area contributed by atoms with Gasteiger partial charge >= 0.3 is 5.97 Å². The maximum atomic E-state index is 11.4. The highest BCUT2D eigenvalue weighted by Crippen LogP contribution is 2.26. The molecule has 0 radical (unpaired) electrons. The second kappa shape index (κ2) is 4.97. The summed E-state index contributed by atoms with van der Waals surface area (Å²) in [4.78, 5) is 11.4. The van der Waals surface area contributed by atoms with Crippen LogP contribution in [0.1, 0.15) is 41.6 Å². The summed E-state index contributed by atoms with van der Waals surface area (Å²) in [7, 11) is 1.41. The number of allylic oxidation sites excluding steroid dienone is 1. The van der Waals surface area contributed by atoms with Gasteiger partial charge in [-0.2, -0.15) is 0 Å². The second-order valence-electron chi connectivity index (χ2n) is 4.13. The number of rotatable bonds is 2. The molecule has 1 aromatic carbocycles. The normalized spacial score (nSPS) is 14.9. The smallest absolute Gasteiger partial charge is 0.337 e. The van der Waals surface area contributed by atoms with Crippen molar-refractivity contribution in [1.29, 1.82) is 0 Å². The highest BCUT2D eigenvalue weighted by atomic mass is 16.5. The summed E-state index contributed by atoms with van der Waals surface area (Å²) in [5.41, 5.74) is 3.21. The van der Waals surface area contributed by atoms with Crippen LogP contribution in [0.25, 0.3) is 6.08 Å². The molecule has 16 heavy (non-hydrogen) atoms. The van der Waals surface area contributed by atoms with Crippen molar-refractivity contribution < 1.29 is 9.53 Å². The molecule has 0 saturated heterocycles. The van der Waals surface area contributed by atoms with Gasteiger partial charge in [0, 0.05) is 0 Å². The Morgan fingerprint density at radius 3 is 2.75 bits per heavy atom. The Morgan fingerprint density at radius 1 is 1.31 bits per heavy atom. The van der Waals surface area contributed by atoms with Crippen LogP contribution in [-0.4, -0.2) is 13.1 Å². The molecular formula is C14H16O2. The Hall–Kier alpha value is -1.57. The summed E-state index contributed by atoms with van der Waals surface area (Å²) in [6.07, 6.45) is 7.18. The number of carbonyl (C=O) groups excluding carboxylic acids is 1. The van der Waals surface area contributed by atoms with Crippen LogP contribution in [0.3, 0.4) is 0 Å². The largest absolute Gasteiger partial charge is 0.465 e. The van der Waals surface area contributed by atoms with Gasteiger partial charge in [-0.15, -0.1) is 0 Å². The topological polar surface area (TPSA) is 26.3 Å². The molecule has 84 valence electrons. The first kappa shape index (κ1) is 10.9. The van der Waals surface area contributed by atoms with Crippen molar-refractivity contribution >= 4 is 12.0 Å². The van der Waals surface area contributed by atoms with Gasteiger partial charge in [0.1, 0.15) is 0 Å². The minimum absolute atomic E-state index is 0.272. The molecule has 1 saturated carbocycles. The van der Waals surface area contributed by atoms with Gasteiger partial charge in [-0.3, -0.25) is 0 Å². The molecule has 0 atom stereocenters. The lowest BCUT2D eigenvalue weighted by Gasteiger charge is -2.01. The molecule has 0 spiro atoms. The summed E-state index contributed by atoms with van der Waals surface area (Å²) in [5.74, 6) is -0.272. The number of methoxy groups -OCH3 is 1. The van der Waals surface area contributed by atoms with Crippen LogP contribution in [0.5, 0.6) is 0 Å². The van der Waals surface area contributed by atoms with Crippen molar-refractivity contribution in [3.05, 3.63) is 41.0 Å². The van der Waals surface area contributed by atoms with Gasteiger partial charge < -0.3 is 4.74 Å². The van der Waals surface area contributed by atoms with Crippen LogP contribution in [0, 0.1) is 0 Å². The average molecular weight is 216 g/mol. The Kier molecular flexibility index (Phi) is 3.40. The monoisotopic (exact) mass is 216 g/mol. The molecule has 0 N–H and O–H groups in total. The number of benzene rings is 1. The summed E-state index contributed by atoms with van der Waals surface area (Å²) in [6.45, 7) is 0. The van der Waals surface area contributed by atoms with Gasteiger partial charge in [-0.1, -0.05) is 23.8 Å². The fourth-order valence-corrected chi connectivity index (χ4v) is 2.08. The van der Waals surface area contributed by atoms with E-state index in [1.807, 2.05) is 18.2 Å². The molecule has 0 bridgehead atoms. The zero-order valence-corrected chi connectivity index (χ0v) is 9.53. The molecule has 0 aromatic heterocycles. The first-order valence-corrected chi connectivity index (χ1v) is 5.67. The van der Waals surface area contributed by atoms with E-state index in [1.54, 1.807) is 6.07 Å². The maximum absolute atomic E-state index is 11.4. The van der Waals surface area contributed by atoms with Crippen molar-refractivity contribution in [3.63, 3.8) is 0 Å². The third-order valence-electron chi connectivity index (χ3n) is 2.92. The van der Waals surface area contributed by atoms with E-state index in [0.29, 0.717) is 5.56 Å². The van der Waals surface area contributed by atoms with E-state index in [2.05, 4.69) is 6.08 Å². The maximum Gasteiger partial charge on any atom is 0.337 e. The zero-order chi connectivity index (χ0) is 11.4. The lowest BCUT2D eigenvalue weighted by atomic mass is 10.1. The second-order valence-corrected chi connectivity index (χ2v) is 4.13. The predicted molar refractivity (Wildman–Crippen MR) is 64.2 cm³/mol. The third kappa shape index (κ3) is 2.51. The van der Waals surface area contributed by atoms with E-state index in [0.717, 1.165) is 5.56 Å². The molecule has 0 amide bonds. The lowest BCUT2D eigenvalue weighted by Crippen LogP contribution is -2.00. The number of carbonyl (C=O) groups is 1. The van der Waals surface area contributed by atoms with Gasteiger partial charge in [0.05, 0.1) is 12.7 Å². The van der Waals surface area contributed by atoms with Crippen molar-refractivity contribution in [2.75, 3.05) is 7.11 Å². The molecule has 0 aliphatic heterocycles. The molecule has 2 nitrogen and oxygen atoms in total. The Morgan fingerprint density at radius 2 is 2.06 bits per heavy atom. The van der Waals surface area contributed by atoms with Crippen LogP contribution in [0.4, 0.5) is 0 Å². The van der Waals surface area contributed by atoms with Crippen molar-refractivity contribution in [3.8, 4) is 0 Å². The van der Waals surface area contributed by atoms with E-state index >= 15 is 0 Å². The summed E-state index contributed by atoms with van der Waals surface area (Å²) in [6, 6.07) is 7.59. The Labute approximate surface area is 95.9 Å². The van der Waals surface area contributed by atoms with Crippen LogP contribution < -0.4 is 0 Å². The molecule has 0 unspecified atom stereocenters. The number of ether oxygens (including phenoxy) is 1. The van der Waals surface area contributed by atoms with E-state index in [1.165, 1.54) is 38.4 Å². The molecule has 1 aliphatic carbocycles. The number of hydrogen-bond donors (Lipinski definition) is 0. The van der Waals surface area contributed by atoms with Gasteiger partial charge in [0.2, 0.25) is 0 Å². The van der Waals surface area contributed by atoms with E-state index in [-0.39, 0.29) is 5.97 Å². The molecule has 2 heteroatoms. The first-order chi connectivity index (χ1) is 7.79. The summed E-state index contributed by atoms with van der Waals surface area (Å²) in [5, 5.41) is 0. The molecule has 1 fully saturated rings. The molecule has 1 aliphatic rings. The van der Waals surface area contributed by atoms with Gasteiger partial charge in [0.25, 0.3) is 0 Å². The van der Waals surface area contributed by atoms with Crippen LogP contribution in [-0.2, 0) is 4.74 Å². The molecule has 0 heterocycles. The molecule has 2 rings (SSSR count). The fraction of sp³-hybridized carbons (Fsp3) is 0.357. The van der Waals surface area contributed by atoms with E-state index in [9.17, 15) is 4.79 Å². The van der Waals surface area contributed by atoms with Crippen LogP contribution in [0.15, 0.2) is 29.8 Å². The first-order valence-electron chi connectivity index (χ1n) is 5.67. The Balaban J connectivity index is 2.21. The van der Waals surface area contributed by atoms with E-state index < -0.39 is 0 Å². The van der Waals surface area contributed by atoms with Crippen molar-refractivity contribution in [1.82, 2.24) is 0 Å². The minimum atomic E-state index is -0.272. The number of hydrogen-bond acceptors (Lipinski definition) is 2. The molecular weight excluding hydrogens is 200 g/mol. The third-order valence-corrected chi connectivity index (χ3v) is 2.92. The van der Waals surface area contributed by atoms with Crippen LogP contribution >= 0.6 is 0 Å². The van der Waals surface area contributed by atoms with Crippen molar-refractivity contribution in [2.24, 2.45) is 0 Å². The lowest BCUT2D eigenvalue weighted by molar-refractivity contribution is 0.0600. The summed E-state index contributed by atoms with van der Waals surface area (Å²) >= 11 is 0. The highest BCUT2D eigenvalue weighted by Gasteiger charge is 2.08. The van der Waals surface area contributed by atoms with Gasteiger partial charge in [-0.05, 0) is 43.4 Å². The molecule has 1 aromatic rings. The minimum Gasteiger partial charge on any atom is -0.465 e. The number of esters is 1. The van der Waals surface area contributed by atoms with Crippen LogP contribution in [0.2, 0.25) is 0 Å². The average Bonchev–Trinajstić information content (AvgIpc) is 2.81. The summed E-state index contributed by atoms with van der Waals surface area (Å²) < 4.78 is 4.70. The van der Waals surface area contributed by atoms with Gasteiger partial charge in [0.15, 0.2) is 0 Å². The quantitative estimate of drug-likeness (QED) is 0.708. The standard InChI is InChI=1S/C14H16O2/c1-16-14(15)13-8-4-7-12(10-13)9-11-5-2-3-6-11/h4,7-10H,2-3,5-6H2,1H3.